The molecule has 1 aliphatic heterocycles. The van der Waals surface area contributed by atoms with Crippen LogP contribution in [0.15, 0.2) is 0 Å². The van der Waals surface area contributed by atoms with Crippen LogP contribution in [0.25, 0.3) is 0 Å². The van der Waals surface area contributed by atoms with Gasteiger partial charge in [-0.05, 0) is 18.8 Å². The van der Waals surface area contributed by atoms with Crippen molar-refractivity contribution in [2.24, 2.45) is 11.7 Å². The highest BCUT2D eigenvalue weighted by atomic mass is 19.4. The highest BCUT2D eigenvalue weighted by Gasteiger charge is 2.43. The van der Waals surface area contributed by atoms with Gasteiger partial charge in [-0.15, -0.1) is 0 Å². The van der Waals surface area contributed by atoms with Gasteiger partial charge in [0.1, 0.15) is 6.04 Å². The van der Waals surface area contributed by atoms with Gasteiger partial charge in [0, 0.05) is 39.3 Å². The van der Waals surface area contributed by atoms with Gasteiger partial charge in [0.25, 0.3) is 0 Å². The third-order valence-electron chi connectivity index (χ3n) is 3.66. The first kappa shape index (κ1) is 13.1. The predicted molar refractivity (Wildman–Crippen MR) is 59.6 cm³/mol. The van der Waals surface area contributed by atoms with Crippen molar-refractivity contribution >= 4 is 0 Å². The molecule has 1 atom stereocenters. The summed E-state index contributed by atoms with van der Waals surface area (Å²) in [5, 5.41) is 0. The smallest absolute Gasteiger partial charge is 0.329 e. The second-order valence-corrected chi connectivity index (χ2v) is 5.07. The lowest BCUT2D eigenvalue weighted by atomic mass is 10.2. The Morgan fingerprint density at radius 2 is 1.71 bits per heavy atom. The summed E-state index contributed by atoms with van der Waals surface area (Å²) in [5.41, 5.74) is 5.24. The van der Waals surface area contributed by atoms with Crippen molar-refractivity contribution in [2.75, 3.05) is 39.3 Å². The van der Waals surface area contributed by atoms with Crippen LogP contribution in [0.2, 0.25) is 0 Å². The Labute approximate surface area is 99.7 Å². The molecule has 0 radical (unpaired) electrons. The minimum absolute atomic E-state index is 0.341. The van der Waals surface area contributed by atoms with Gasteiger partial charge in [-0.2, -0.15) is 13.2 Å². The summed E-state index contributed by atoms with van der Waals surface area (Å²) in [6.07, 6.45) is -1.63. The molecular formula is C11H20F3N3. The van der Waals surface area contributed by atoms with Crippen LogP contribution in [-0.2, 0) is 0 Å². The summed E-state index contributed by atoms with van der Waals surface area (Å²) in [7, 11) is 0. The highest BCUT2D eigenvalue weighted by molar-refractivity contribution is 4.86. The standard InChI is InChI=1S/C11H20F3N3/c12-11(13,14)10(7-15)17-5-3-16(4-6-17)8-9-1-2-9/h9-10H,1-8,15H2. The number of nitrogens with zero attached hydrogens (tertiary/aromatic N) is 2. The molecule has 1 unspecified atom stereocenters. The number of piperazine rings is 1. The van der Waals surface area contributed by atoms with Crippen molar-refractivity contribution in [2.45, 2.75) is 25.1 Å². The van der Waals surface area contributed by atoms with Crippen molar-refractivity contribution in [3.05, 3.63) is 0 Å². The molecule has 2 aliphatic rings. The Morgan fingerprint density at radius 3 is 2.12 bits per heavy atom. The van der Waals surface area contributed by atoms with Crippen LogP contribution in [0.1, 0.15) is 12.8 Å². The minimum Gasteiger partial charge on any atom is -0.329 e. The van der Waals surface area contributed by atoms with Gasteiger partial charge in [-0.3, -0.25) is 4.90 Å². The van der Waals surface area contributed by atoms with Crippen molar-refractivity contribution < 1.29 is 13.2 Å². The average molecular weight is 251 g/mol. The van der Waals surface area contributed by atoms with Crippen molar-refractivity contribution in [1.82, 2.24) is 9.80 Å². The van der Waals surface area contributed by atoms with Crippen LogP contribution < -0.4 is 5.73 Å². The van der Waals surface area contributed by atoms with Crippen molar-refractivity contribution in [3.8, 4) is 0 Å². The van der Waals surface area contributed by atoms with E-state index < -0.39 is 12.2 Å². The summed E-state index contributed by atoms with van der Waals surface area (Å²) in [4.78, 5) is 3.75. The summed E-state index contributed by atoms with van der Waals surface area (Å²) >= 11 is 0. The van der Waals surface area contributed by atoms with Gasteiger partial charge in [-0.1, -0.05) is 0 Å². The van der Waals surface area contributed by atoms with Crippen LogP contribution in [-0.4, -0.2) is 61.3 Å². The third-order valence-corrected chi connectivity index (χ3v) is 3.66. The molecule has 1 saturated carbocycles. The van der Waals surface area contributed by atoms with Gasteiger partial charge >= 0.3 is 6.18 Å². The van der Waals surface area contributed by atoms with E-state index in [9.17, 15) is 13.2 Å². The molecule has 0 spiro atoms. The Bertz CT molecular complexity index is 245. The molecule has 3 nitrogen and oxygen atoms in total. The fraction of sp³-hybridized carbons (Fsp3) is 1.00. The first-order valence-corrected chi connectivity index (χ1v) is 6.24. The second-order valence-electron chi connectivity index (χ2n) is 5.07. The molecule has 0 aromatic heterocycles. The van der Waals surface area contributed by atoms with E-state index in [0.717, 1.165) is 25.6 Å². The average Bonchev–Trinajstić information content (AvgIpc) is 3.03. The van der Waals surface area contributed by atoms with Crippen molar-refractivity contribution in [1.29, 1.82) is 0 Å². The first-order chi connectivity index (χ1) is 8.00. The second kappa shape index (κ2) is 5.12. The van der Waals surface area contributed by atoms with E-state index in [-0.39, 0.29) is 6.54 Å². The molecule has 1 aliphatic carbocycles. The topological polar surface area (TPSA) is 32.5 Å². The molecule has 1 saturated heterocycles. The lowest BCUT2D eigenvalue weighted by molar-refractivity contribution is -0.184. The number of halogens is 3. The maximum Gasteiger partial charge on any atom is 0.405 e. The fourth-order valence-electron chi connectivity index (χ4n) is 2.41. The summed E-state index contributed by atoms with van der Waals surface area (Å²) < 4.78 is 38.1. The molecule has 0 bridgehead atoms. The molecule has 2 rings (SSSR count). The molecule has 0 aromatic carbocycles. The third kappa shape index (κ3) is 3.56. The summed E-state index contributed by atoms with van der Waals surface area (Å²) in [6, 6.07) is -1.47. The van der Waals surface area contributed by atoms with E-state index in [2.05, 4.69) is 4.90 Å². The lowest BCUT2D eigenvalue weighted by Crippen LogP contribution is -2.57. The van der Waals surface area contributed by atoms with E-state index in [1.165, 1.54) is 17.7 Å². The zero-order valence-electron chi connectivity index (χ0n) is 9.92. The van der Waals surface area contributed by atoms with Gasteiger partial charge in [-0.25, -0.2) is 0 Å². The van der Waals surface area contributed by atoms with Crippen LogP contribution in [0, 0.1) is 5.92 Å². The first-order valence-electron chi connectivity index (χ1n) is 6.24. The largest absolute Gasteiger partial charge is 0.405 e. The Kier molecular flexibility index (Phi) is 3.95. The molecule has 2 N–H and O–H groups in total. The van der Waals surface area contributed by atoms with Crippen LogP contribution in [0.3, 0.4) is 0 Å². The van der Waals surface area contributed by atoms with Gasteiger partial charge in [0.05, 0.1) is 0 Å². The Balaban J connectivity index is 1.80. The molecule has 6 heteroatoms. The number of nitrogens with two attached hydrogens (primary N) is 1. The van der Waals surface area contributed by atoms with Gasteiger partial charge in [0.15, 0.2) is 0 Å². The number of hydrogen-bond acceptors (Lipinski definition) is 3. The summed E-state index contributed by atoms with van der Waals surface area (Å²) in [6.45, 7) is 3.16. The maximum absolute atomic E-state index is 12.7. The molecule has 100 valence electrons. The molecule has 0 aromatic rings. The van der Waals surface area contributed by atoms with E-state index in [4.69, 9.17) is 5.73 Å². The number of alkyl halides is 3. The van der Waals surface area contributed by atoms with E-state index in [0.29, 0.717) is 13.1 Å². The zero-order chi connectivity index (χ0) is 12.5. The van der Waals surface area contributed by atoms with Crippen LogP contribution in [0.4, 0.5) is 13.2 Å². The van der Waals surface area contributed by atoms with Crippen LogP contribution >= 0.6 is 0 Å². The van der Waals surface area contributed by atoms with E-state index >= 15 is 0 Å². The van der Waals surface area contributed by atoms with Crippen molar-refractivity contribution in [3.63, 3.8) is 0 Å². The highest BCUT2D eigenvalue weighted by Crippen LogP contribution is 2.30. The zero-order valence-corrected chi connectivity index (χ0v) is 9.92. The lowest BCUT2D eigenvalue weighted by Gasteiger charge is -2.39. The minimum atomic E-state index is -4.20. The van der Waals surface area contributed by atoms with Gasteiger partial charge < -0.3 is 10.6 Å². The van der Waals surface area contributed by atoms with E-state index in [1.54, 1.807) is 0 Å². The molecular weight excluding hydrogens is 231 g/mol. The molecule has 2 fully saturated rings. The fourth-order valence-corrected chi connectivity index (χ4v) is 2.41. The molecule has 0 amide bonds. The SMILES string of the molecule is NCC(N1CCN(CC2CC2)CC1)C(F)(F)F. The molecule has 17 heavy (non-hydrogen) atoms. The monoisotopic (exact) mass is 251 g/mol. The number of rotatable bonds is 4. The van der Waals surface area contributed by atoms with Gasteiger partial charge in [0.2, 0.25) is 0 Å². The van der Waals surface area contributed by atoms with E-state index in [1.807, 2.05) is 0 Å². The number of hydrogen-bond donors (Lipinski definition) is 1. The normalized spacial score (nSPS) is 26.1. The Hall–Kier alpha value is -0.330. The Morgan fingerprint density at radius 1 is 1.12 bits per heavy atom. The predicted octanol–water partition coefficient (Wildman–Crippen LogP) is 0.904. The molecule has 1 heterocycles. The summed E-state index contributed by atoms with van der Waals surface area (Å²) in [5.74, 6) is 0.800. The maximum atomic E-state index is 12.7. The van der Waals surface area contributed by atoms with Crippen LogP contribution in [0.5, 0.6) is 0 Å². The quantitative estimate of drug-likeness (QED) is 0.806.